The fourth-order valence-corrected chi connectivity index (χ4v) is 3.13. The first kappa shape index (κ1) is 15.3. The molecule has 0 aliphatic carbocycles. The first-order valence-corrected chi connectivity index (χ1v) is 8.43. The van der Waals surface area contributed by atoms with Crippen molar-refractivity contribution >= 4 is 28.0 Å². The number of hydrogen-bond acceptors (Lipinski definition) is 5. The zero-order valence-corrected chi connectivity index (χ0v) is 13.8. The summed E-state index contributed by atoms with van der Waals surface area (Å²) >= 11 is 1.33. The van der Waals surface area contributed by atoms with Gasteiger partial charge in [-0.05, 0) is 5.56 Å². The fraction of sp³-hybridized carbons (Fsp3) is 0.0588. The van der Waals surface area contributed by atoms with Crippen LogP contribution in [0.5, 0.6) is 0 Å². The SMILES string of the molecule is O=C(Nc1nccs1)c1cc2nccc(=O)n2n1Cc1ccccc1. The largest absolute Gasteiger partial charge is 0.297 e. The number of amides is 1. The van der Waals surface area contributed by atoms with Gasteiger partial charge < -0.3 is 0 Å². The third-order valence-corrected chi connectivity index (χ3v) is 4.38. The Morgan fingerprint density at radius 2 is 1.96 bits per heavy atom. The zero-order chi connectivity index (χ0) is 17.2. The maximum absolute atomic E-state index is 12.7. The Kier molecular flexibility index (Phi) is 3.87. The average molecular weight is 351 g/mol. The summed E-state index contributed by atoms with van der Waals surface area (Å²) in [7, 11) is 0. The second kappa shape index (κ2) is 6.33. The number of aromatic nitrogens is 4. The van der Waals surface area contributed by atoms with Crippen molar-refractivity contribution in [1.82, 2.24) is 19.2 Å². The van der Waals surface area contributed by atoms with Crippen molar-refractivity contribution in [2.24, 2.45) is 0 Å². The maximum atomic E-state index is 12.7. The number of hydrogen-bond donors (Lipinski definition) is 1. The lowest BCUT2D eigenvalue weighted by atomic mass is 10.2. The minimum absolute atomic E-state index is 0.241. The third kappa shape index (κ3) is 2.94. The minimum atomic E-state index is -0.337. The monoisotopic (exact) mass is 351 g/mol. The molecule has 0 fully saturated rings. The molecule has 0 unspecified atom stereocenters. The number of nitrogens with one attached hydrogen (secondary N) is 1. The molecule has 0 bridgehead atoms. The predicted octanol–water partition coefficient (Wildman–Crippen LogP) is 2.25. The lowest BCUT2D eigenvalue weighted by molar-refractivity contribution is 0.101. The summed E-state index contributed by atoms with van der Waals surface area (Å²) in [5.41, 5.74) is 1.50. The summed E-state index contributed by atoms with van der Waals surface area (Å²) in [6.07, 6.45) is 3.05. The summed E-state index contributed by atoms with van der Waals surface area (Å²) in [6.45, 7) is 0.372. The quantitative estimate of drug-likeness (QED) is 0.611. The molecule has 0 aliphatic heterocycles. The number of fused-ring (bicyclic) bond motifs is 1. The Bertz CT molecular complexity index is 1080. The Morgan fingerprint density at radius 3 is 2.72 bits per heavy atom. The summed E-state index contributed by atoms with van der Waals surface area (Å²) in [5.74, 6) is -0.337. The van der Waals surface area contributed by atoms with Crippen molar-refractivity contribution < 1.29 is 4.79 Å². The first-order chi connectivity index (χ1) is 12.2. The van der Waals surface area contributed by atoms with E-state index in [1.54, 1.807) is 22.3 Å². The van der Waals surface area contributed by atoms with E-state index in [9.17, 15) is 9.59 Å². The van der Waals surface area contributed by atoms with Gasteiger partial charge in [0.1, 0.15) is 5.69 Å². The molecule has 0 spiro atoms. The summed E-state index contributed by atoms with van der Waals surface area (Å²) in [4.78, 5) is 33.3. The highest BCUT2D eigenvalue weighted by Gasteiger charge is 2.18. The van der Waals surface area contributed by atoms with Crippen molar-refractivity contribution in [3.63, 3.8) is 0 Å². The van der Waals surface area contributed by atoms with Gasteiger partial charge in [-0.15, -0.1) is 11.3 Å². The second-order valence-electron chi connectivity index (χ2n) is 5.32. The molecule has 1 N–H and O–H groups in total. The van der Waals surface area contributed by atoms with E-state index in [-0.39, 0.29) is 11.5 Å². The van der Waals surface area contributed by atoms with Gasteiger partial charge in [-0.2, -0.15) is 4.52 Å². The molecule has 1 aromatic carbocycles. The van der Waals surface area contributed by atoms with Crippen molar-refractivity contribution in [2.45, 2.75) is 6.54 Å². The number of rotatable bonds is 4. The van der Waals surface area contributed by atoms with Crippen LogP contribution in [-0.4, -0.2) is 25.1 Å². The standard InChI is InChI=1S/C17H13N5O2S/c23-15-6-7-18-14-10-13(16(24)20-17-19-8-9-25-17)21(22(14)15)11-12-4-2-1-3-5-12/h1-10H,11H2,(H,19,20,24). The lowest BCUT2D eigenvalue weighted by Gasteiger charge is -2.10. The van der Waals surface area contributed by atoms with Crippen LogP contribution in [0.4, 0.5) is 5.13 Å². The van der Waals surface area contributed by atoms with Gasteiger partial charge in [-0.3, -0.25) is 19.6 Å². The van der Waals surface area contributed by atoms with Crippen LogP contribution in [0, 0.1) is 0 Å². The predicted molar refractivity (Wildman–Crippen MR) is 95.1 cm³/mol. The lowest BCUT2D eigenvalue weighted by Crippen LogP contribution is -2.25. The van der Waals surface area contributed by atoms with E-state index >= 15 is 0 Å². The van der Waals surface area contributed by atoms with E-state index in [2.05, 4.69) is 15.3 Å². The molecule has 0 atom stereocenters. The molecular formula is C17H13N5O2S. The molecule has 0 saturated heterocycles. The van der Waals surface area contributed by atoms with Crippen LogP contribution in [0.1, 0.15) is 16.1 Å². The zero-order valence-electron chi connectivity index (χ0n) is 13.0. The number of thiazole rings is 1. The van der Waals surface area contributed by atoms with E-state index in [1.807, 2.05) is 30.3 Å². The van der Waals surface area contributed by atoms with Gasteiger partial charge in [-0.25, -0.2) is 9.97 Å². The molecule has 7 nitrogen and oxygen atoms in total. The number of carbonyl (C=O) groups is 1. The Balaban J connectivity index is 1.82. The minimum Gasteiger partial charge on any atom is -0.297 e. The van der Waals surface area contributed by atoms with Crippen LogP contribution in [0.3, 0.4) is 0 Å². The smallest absolute Gasteiger partial charge is 0.275 e. The first-order valence-electron chi connectivity index (χ1n) is 7.55. The molecule has 1 amide bonds. The van der Waals surface area contributed by atoms with Crippen LogP contribution in [0.2, 0.25) is 0 Å². The van der Waals surface area contributed by atoms with Crippen molar-refractivity contribution in [1.29, 1.82) is 0 Å². The molecule has 124 valence electrons. The normalized spacial score (nSPS) is 10.9. The van der Waals surface area contributed by atoms with E-state index in [0.29, 0.717) is 23.0 Å². The number of benzene rings is 1. The highest BCUT2D eigenvalue weighted by molar-refractivity contribution is 7.13. The number of nitrogens with zero attached hydrogens (tertiary/aromatic N) is 4. The molecule has 4 rings (SSSR count). The number of anilines is 1. The van der Waals surface area contributed by atoms with Gasteiger partial charge >= 0.3 is 0 Å². The molecule has 0 aliphatic rings. The molecule has 0 radical (unpaired) electrons. The van der Waals surface area contributed by atoms with E-state index in [1.165, 1.54) is 28.1 Å². The van der Waals surface area contributed by atoms with Gasteiger partial charge in [0.2, 0.25) is 0 Å². The van der Waals surface area contributed by atoms with E-state index < -0.39 is 0 Å². The molecule has 3 aromatic heterocycles. The van der Waals surface area contributed by atoms with E-state index in [4.69, 9.17) is 0 Å². The van der Waals surface area contributed by atoms with E-state index in [0.717, 1.165) is 5.56 Å². The van der Waals surface area contributed by atoms with Crippen LogP contribution < -0.4 is 10.9 Å². The highest BCUT2D eigenvalue weighted by Crippen LogP contribution is 2.15. The van der Waals surface area contributed by atoms with Gasteiger partial charge in [0.15, 0.2) is 10.8 Å². The van der Waals surface area contributed by atoms with Gasteiger partial charge in [0.05, 0.1) is 6.54 Å². The third-order valence-electron chi connectivity index (χ3n) is 3.70. The highest BCUT2D eigenvalue weighted by atomic mass is 32.1. The van der Waals surface area contributed by atoms with Crippen LogP contribution in [-0.2, 0) is 6.54 Å². The molecule has 3 heterocycles. The second-order valence-corrected chi connectivity index (χ2v) is 6.21. The average Bonchev–Trinajstić information content (AvgIpc) is 3.24. The molecule has 8 heteroatoms. The van der Waals surface area contributed by atoms with Gasteiger partial charge in [0.25, 0.3) is 11.5 Å². The molecule has 4 aromatic rings. The summed E-state index contributed by atoms with van der Waals surface area (Å²) < 4.78 is 3.03. The molecular weight excluding hydrogens is 338 g/mol. The molecule has 25 heavy (non-hydrogen) atoms. The van der Waals surface area contributed by atoms with Gasteiger partial charge in [0, 0.05) is 29.9 Å². The van der Waals surface area contributed by atoms with Crippen molar-refractivity contribution in [2.75, 3.05) is 5.32 Å². The molecule has 0 saturated carbocycles. The van der Waals surface area contributed by atoms with Crippen molar-refractivity contribution in [3.8, 4) is 0 Å². The summed E-state index contributed by atoms with van der Waals surface area (Å²) in [5, 5.41) is 5.03. The van der Waals surface area contributed by atoms with Crippen molar-refractivity contribution in [3.05, 3.63) is 81.8 Å². The topological polar surface area (TPSA) is 81.3 Å². The Hall–Kier alpha value is -3.26. The Labute approximate surface area is 146 Å². The number of carbonyl (C=O) groups excluding carboxylic acids is 1. The Morgan fingerprint density at radius 1 is 1.12 bits per heavy atom. The van der Waals surface area contributed by atoms with Gasteiger partial charge in [-0.1, -0.05) is 30.3 Å². The van der Waals surface area contributed by atoms with Crippen LogP contribution in [0.15, 0.2) is 65.0 Å². The van der Waals surface area contributed by atoms with Crippen LogP contribution >= 0.6 is 11.3 Å². The maximum Gasteiger partial charge on any atom is 0.275 e. The van der Waals surface area contributed by atoms with Crippen LogP contribution in [0.25, 0.3) is 5.65 Å². The summed E-state index contributed by atoms with van der Waals surface area (Å²) in [6, 6.07) is 12.6. The fourth-order valence-electron chi connectivity index (χ4n) is 2.60.